The number of hydrogen-bond donors (Lipinski definition) is 3. The van der Waals surface area contributed by atoms with Gasteiger partial charge >= 0.3 is 0 Å². The quantitative estimate of drug-likeness (QED) is 0.493. The molecule has 3 N–H and O–H groups in total. The lowest BCUT2D eigenvalue weighted by Crippen LogP contribution is -2.45. The van der Waals surface area contributed by atoms with Crippen LogP contribution >= 0.6 is 0 Å². The molecule has 3 rings (SSSR count). The fraction of sp³-hybridized carbons (Fsp3) is 0.500. The monoisotopic (exact) mass is 386 g/mol. The minimum Gasteiger partial charge on any atom is -0.324 e. The van der Waals surface area contributed by atoms with Crippen molar-refractivity contribution in [3.63, 3.8) is 0 Å². The molecule has 1 saturated carbocycles. The van der Waals surface area contributed by atoms with Gasteiger partial charge in [0.1, 0.15) is 6.04 Å². The second-order valence-corrected chi connectivity index (χ2v) is 7.41. The van der Waals surface area contributed by atoms with Gasteiger partial charge in [0, 0.05) is 30.7 Å². The van der Waals surface area contributed by atoms with Crippen LogP contribution in [0, 0.1) is 11.8 Å². The van der Waals surface area contributed by atoms with Gasteiger partial charge in [0.25, 0.3) is 0 Å². The van der Waals surface area contributed by atoms with Gasteiger partial charge in [-0.1, -0.05) is 43.9 Å². The number of amides is 3. The van der Waals surface area contributed by atoms with E-state index in [-0.39, 0.29) is 18.2 Å². The highest BCUT2D eigenvalue weighted by Gasteiger charge is 2.38. The van der Waals surface area contributed by atoms with Gasteiger partial charge in [0.05, 0.1) is 0 Å². The third-order valence-electron chi connectivity index (χ3n) is 5.40. The fourth-order valence-electron chi connectivity index (χ4n) is 3.97. The summed E-state index contributed by atoms with van der Waals surface area (Å²) in [4.78, 5) is 37.5. The van der Waals surface area contributed by atoms with E-state index >= 15 is 0 Å². The summed E-state index contributed by atoms with van der Waals surface area (Å²) in [5.74, 6) is -1.51. The molecule has 0 spiro atoms. The smallest absolute Gasteiger partial charge is 0.249 e. The molecule has 2 atom stereocenters. The van der Waals surface area contributed by atoms with Crippen LogP contribution in [0.25, 0.3) is 0 Å². The van der Waals surface area contributed by atoms with Crippen LogP contribution in [0.2, 0.25) is 0 Å². The molecule has 2 unspecified atom stereocenters. The van der Waals surface area contributed by atoms with Gasteiger partial charge in [0.15, 0.2) is 0 Å². The molecule has 0 radical (unpaired) electrons. The van der Waals surface area contributed by atoms with Crippen LogP contribution in [0.1, 0.15) is 44.9 Å². The van der Waals surface area contributed by atoms with Crippen molar-refractivity contribution < 1.29 is 19.6 Å². The van der Waals surface area contributed by atoms with E-state index in [4.69, 9.17) is 5.21 Å². The molecule has 3 amide bonds. The number of hydrazone groups is 1. The van der Waals surface area contributed by atoms with Crippen LogP contribution < -0.4 is 10.8 Å². The normalized spacial score (nSPS) is 20.2. The highest BCUT2D eigenvalue weighted by molar-refractivity contribution is 6.00. The number of carbonyl (C=O) groups is 3. The summed E-state index contributed by atoms with van der Waals surface area (Å²) in [5, 5.41) is 17.0. The van der Waals surface area contributed by atoms with Crippen molar-refractivity contribution in [2.45, 2.75) is 51.0 Å². The van der Waals surface area contributed by atoms with E-state index in [0.717, 1.165) is 25.7 Å². The summed E-state index contributed by atoms with van der Waals surface area (Å²) in [5.41, 5.74) is 2.25. The average molecular weight is 386 g/mol. The van der Waals surface area contributed by atoms with E-state index < -0.39 is 17.9 Å². The summed E-state index contributed by atoms with van der Waals surface area (Å²) < 4.78 is 0. The molecule has 0 saturated heterocycles. The van der Waals surface area contributed by atoms with E-state index in [0.29, 0.717) is 24.4 Å². The van der Waals surface area contributed by atoms with Gasteiger partial charge in [0.2, 0.25) is 17.7 Å². The number of benzene rings is 1. The molecular weight excluding hydrogens is 360 g/mol. The van der Waals surface area contributed by atoms with Crippen molar-refractivity contribution in [2.24, 2.45) is 16.9 Å². The Morgan fingerprint density at radius 2 is 1.89 bits per heavy atom. The first-order valence-corrected chi connectivity index (χ1v) is 9.73. The Morgan fingerprint density at radius 3 is 2.57 bits per heavy atom. The number of anilines is 1. The van der Waals surface area contributed by atoms with Crippen molar-refractivity contribution >= 4 is 29.6 Å². The zero-order valence-electron chi connectivity index (χ0n) is 15.7. The molecule has 8 heteroatoms. The van der Waals surface area contributed by atoms with Crippen LogP contribution in [0.5, 0.6) is 0 Å². The molecule has 1 aromatic rings. The molecule has 1 aromatic carbocycles. The Labute approximate surface area is 163 Å². The Bertz CT molecular complexity index is 731. The number of carbonyl (C=O) groups excluding carboxylic acids is 3. The predicted octanol–water partition coefficient (Wildman–Crippen LogP) is 2.30. The van der Waals surface area contributed by atoms with Crippen LogP contribution in [-0.4, -0.2) is 40.2 Å². The first kappa shape index (κ1) is 20.0. The summed E-state index contributed by atoms with van der Waals surface area (Å²) >= 11 is 0. The Morgan fingerprint density at radius 1 is 1.18 bits per heavy atom. The second kappa shape index (κ2) is 9.45. The minimum absolute atomic E-state index is 0.120. The highest BCUT2D eigenvalue weighted by Crippen LogP contribution is 2.33. The van der Waals surface area contributed by atoms with Crippen LogP contribution in [0.4, 0.5) is 5.69 Å². The van der Waals surface area contributed by atoms with Crippen molar-refractivity contribution in [1.29, 1.82) is 0 Å². The van der Waals surface area contributed by atoms with Gasteiger partial charge in [-0.2, -0.15) is 5.10 Å². The summed E-state index contributed by atoms with van der Waals surface area (Å²) in [6, 6.07) is 8.28. The molecule has 1 aliphatic heterocycles. The number of hydrogen-bond acceptors (Lipinski definition) is 5. The van der Waals surface area contributed by atoms with Crippen molar-refractivity contribution in [3.05, 3.63) is 30.3 Å². The Hall–Kier alpha value is -2.74. The first-order valence-electron chi connectivity index (χ1n) is 9.73. The number of hydroxylamine groups is 1. The first-order chi connectivity index (χ1) is 13.6. The molecule has 2 aliphatic rings. The number of rotatable bonds is 7. The lowest BCUT2D eigenvalue weighted by Gasteiger charge is -2.26. The molecule has 1 fully saturated rings. The maximum absolute atomic E-state index is 13.1. The van der Waals surface area contributed by atoms with E-state index in [1.807, 2.05) is 18.2 Å². The second-order valence-electron chi connectivity index (χ2n) is 7.41. The summed E-state index contributed by atoms with van der Waals surface area (Å²) in [6.07, 6.45) is 6.63. The molecule has 0 bridgehead atoms. The van der Waals surface area contributed by atoms with Crippen LogP contribution in [-0.2, 0) is 14.4 Å². The molecule has 0 aromatic heterocycles. The van der Waals surface area contributed by atoms with Crippen molar-refractivity contribution in [1.82, 2.24) is 10.5 Å². The maximum Gasteiger partial charge on any atom is 0.249 e. The molecule has 1 aliphatic carbocycles. The lowest BCUT2D eigenvalue weighted by atomic mass is 9.89. The molecule has 150 valence electrons. The zero-order chi connectivity index (χ0) is 19.9. The Kier molecular flexibility index (Phi) is 6.76. The molecule has 28 heavy (non-hydrogen) atoms. The van der Waals surface area contributed by atoms with E-state index in [1.165, 1.54) is 5.01 Å². The van der Waals surface area contributed by atoms with E-state index in [9.17, 15) is 14.4 Å². The average Bonchev–Trinajstić information content (AvgIpc) is 3.39. The van der Waals surface area contributed by atoms with E-state index in [1.54, 1.807) is 23.8 Å². The zero-order valence-corrected chi connectivity index (χ0v) is 15.7. The van der Waals surface area contributed by atoms with Gasteiger partial charge in [-0.25, -0.2) is 10.5 Å². The largest absolute Gasteiger partial charge is 0.324 e. The Balaban J connectivity index is 1.69. The molecule has 8 nitrogen and oxygen atoms in total. The number of para-hydroxylation sites is 1. The maximum atomic E-state index is 13.1. The SMILES string of the molecule is O=C(CC(CC1CCCC1)C(=O)N1N=CCC1C(=O)Nc1ccccc1)NO. The van der Waals surface area contributed by atoms with Gasteiger partial charge in [-0.3, -0.25) is 19.6 Å². The molecular formula is C20H26N4O4. The summed E-state index contributed by atoms with van der Waals surface area (Å²) in [7, 11) is 0. The van der Waals surface area contributed by atoms with Crippen molar-refractivity contribution in [3.8, 4) is 0 Å². The number of nitrogens with zero attached hydrogens (tertiary/aromatic N) is 2. The topological polar surface area (TPSA) is 111 Å². The number of nitrogens with one attached hydrogen (secondary N) is 2. The van der Waals surface area contributed by atoms with Gasteiger partial charge in [-0.05, 0) is 24.5 Å². The third-order valence-corrected chi connectivity index (χ3v) is 5.40. The molecule has 1 heterocycles. The highest BCUT2D eigenvalue weighted by atomic mass is 16.5. The predicted molar refractivity (Wildman–Crippen MR) is 103 cm³/mol. The third kappa shape index (κ3) is 4.95. The van der Waals surface area contributed by atoms with Gasteiger partial charge < -0.3 is 5.32 Å². The van der Waals surface area contributed by atoms with Crippen LogP contribution in [0.15, 0.2) is 35.4 Å². The summed E-state index contributed by atoms with van der Waals surface area (Å²) in [6.45, 7) is 0. The standard InChI is InChI=1S/C20H26N4O4/c25-18(23-28)13-15(12-14-6-4-5-7-14)20(27)24-17(10-11-21-24)19(26)22-16-8-2-1-3-9-16/h1-3,8-9,11,14-15,17,28H,4-7,10,12-13H2,(H,22,26)(H,23,25). The van der Waals surface area contributed by atoms with Crippen LogP contribution in [0.3, 0.4) is 0 Å². The van der Waals surface area contributed by atoms with E-state index in [2.05, 4.69) is 10.4 Å². The van der Waals surface area contributed by atoms with Crippen molar-refractivity contribution in [2.75, 3.05) is 5.32 Å². The van der Waals surface area contributed by atoms with Gasteiger partial charge in [-0.15, -0.1) is 0 Å². The minimum atomic E-state index is -0.740. The fourth-order valence-corrected chi connectivity index (χ4v) is 3.97. The lowest BCUT2D eigenvalue weighted by molar-refractivity contribution is -0.144.